The van der Waals surface area contributed by atoms with Crippen LogP contribution < -0.4 is 10.4 Å². The van der Waals surface area contributed by atoms with Gasteiger partial charge in [0.25, 0.3) is 0 Å². The first kappa shape index (κ1) is 16.3. The SMILES string of the molecule is O=C([O-])/C=C/C(=O)Nc1ccc(-n2ccc(C(F)(F)F)n2)cc1. The van der Waals surface area contributed by atoms with Gasteiger partial charge in [-0.05, 0) is 36.4 Å². The van der Waals surface area contributed by atoms with Crippen molar-refractivity contribution >= 4 is 17.6 Å². The molecular weight excluding hydrogens is 315 g/mol. The van der Waals surface area contributed by atoms with E-state index in [1.807, 2.05) is 0 Å². The summed E-state index contributed by atoms with van der Waals surface area (Å²) >= 11 is 0. The second-order valence-corrected chi connectivity index (χ2v) is 4.33. The molecule has 0 atom stereocenters. The van der Waals surface area contributed by atoms with Crippen molar-refractivity contribution in [3.8, 4) is 5.69 Å². The number of rotatable bonds is 4. The number of carbonyl (C=O) groups excluding carboxylic acids is 2. The van der Waals surface area contributed by atoms with Crippen LogP contribution in [0.5, 0.6) is 0 Å². The fourth-order valence-electron chi connectivity index (χ4n) is 1.64. The lowest BCUT2D eigenvalue weighted by atomic mass is 10.3. The van der Waals surface area contributed by atoms with Gasteiger partial charge in [-0.1, -0.05) is 0 Å². The maximum Gasteiger partial charge on any atom is 0.435 e. The van der Waals surface area contributed by atoms with Gasteiger partial charge in [-0.25, -0.2) is 4.68 Å². The summed E-state index contributed by atoms with van der Waals surface area (Å²) in [5.41, 5.74) is -0.309. The fourth-order valence-corrected chi connectivity index (χ4v) is 1.64. The molecule has 0 saturated carbocycles. The van der Waals surface area contributed by atoms with Gasteiger partial charge < -0.3 is 15.2 Å². The average Bonchev–Trinajstić information content (AvgIpc) is 2.96. The summed E-state index contributed by atoms with van der Waals surface area (Å²) in [6.07, 6.45) is -2.00. The van der Waals surface area contributed by atoms with Crippen LogP contribution in [0.2, 0.25) is 0 Å². The van der Waals surface area contributed by atoms with E-state index < -0.39 is 23.7 Å². The van der Waals surface area contributed by atoms with Crippen molar-refractivity contribution in [1.29, 1.82) is 0 Å². The molecule has 0 fully saturated rings. The van der Waals surface area contributed by atoms with Crippen LogP contribution in [0.15, 0.2) is 48.7 Å². The van der Waals surface area contributed by atoms with Crippen LogP contribution in [0.25, 0.3) is 5.69 Å². The van der Waals surface area contributed by atoms with Crippen LogP contribution in [-0.2, 0) is 15.8 Å². The lowest BCUT2D eigenvalue weighted by molar-refractivity contribution is -0.297. The summed E-state index contributed by atoms with van der Waals surface area (Å²) in [7, 11) is 0. The lowest BCUT2D eigenvalue weighted by Gasteiger charge is -2.05. The Kier molecular flexibility index (Phi) is 4.49. The number of nitrogens with one attached hydrogen (secondary N) is 1. The fraction of sp³-hybridized carbons (Fsp3) is 0.0714. The molecule has 0 aliphatic heterocycles. The number of amides is 1. The number of benzene rings is 1. The molecule has 0 aliphatic carbocycles. The van der Waals surface area contributed by atoms with Gasteiger partial charge in [-0.15, -0.1) is 0 Å². The number of aliphatic carboxylic acids is 1. The normalized spacial score (nSPS) is 11.6. The van der Waals surface area contributed by atoms with Crippen molar-refractivity contribution in [2.24, 2.45) is 0 Å². The molecule has 1 aromatic carbocycles. The van der Waals surface area contributed by atoms with E-state index in [1.165, 1.54) is 30.5 Å². The van der Waals surface area contributed by atoms with Crippen LogP contribution in [-0.4, -0.2) is 21.7 Å². The first-order valence-corrected chi connectivity index (χ1v) is 6.19. The Labute approximate surface area is 127 Å². The Balaban J connectivity index is 2.09. The van der Waals surface area contributed by atoms with E-state index in [9.17, 15) is 27.9 Å². The van der Waals surface area contributed by atoms with Crippen LogP contribution in [0.1, 0.15) is 5.69 Å². The Morgan fingerprint density at radius 1 is 1.13 bits per heavy atom. The van der Waals surface area contributed by atoms with Gasteiger partial charge in [0, 0.05) is 18.0 Å². The predicted molar refractivity (Wildman–Crippen MR) is 71.3 cm³/mol. The Morgan fingerprint density at radius 3 is 2.30 bits per heavy atom. The number of carboxylic acids is 1. The van der Waals surface area contributed by atoms with Gasteiger partial charge in [0.1, 0.15) is 0 Å². The zero-order chi connectivity index (χ0) is 17.0. The summed E-state index contributed by atoms with van der Waals surface area (Å²) in [5.74, 6) is -2.19. The largest absolute Gasteiger partial charge is 0.545 e. The van der Waals surface area contributed by atoms with Crippen molar-refractivity contribution in [3.05, 3.63) is 54.4 Å². The summed E-state index contributed by atoms with van der Waals surface area (Å²) < 4.78 is 38.5. The molecule has 0 unspecified atom stereocenters. The minimum Gasteiger partial charge on any atom is -0.545 e. The quantitative estimate of drug-likeness (QED) is 0.854. The van der Waals surface area contributed by atoms with Crippen molar-refractivity contribution in [1.82, 2.24) is 9.78 Å². The van der Waals surface area contributed by atoms with Crippen molar-refractivity contribution in [3.63, 3.8) is 0 Å². The zero-order valence-corrected chi connectivity index (χ0v) is 11.4. The van der Waals surface area contributed by atoms with E-state index in [1.54, 1.807) is 0 Å². The van der Waals surface area contributed by atoms with Gasteiger partial charge in [0.2, 0.25) is 5.91 Å². The van der Waals surface area contributed by atoms with Crippen LogP contribution in [0, 0.1) is 0 Å². The molecule has 23 heavy (non-hydrogen) atoms. The predicted octanol–water partition coefficient (Wildman–Crippen LogP) is 1.14. The lowest BCUT2D eigenvalue weighted by Crippen LogP contribution is -2.20. The average molecular weight is 324 g/mol. The van der Waals surface area contributed by atoms with Crippen molar-refractivity contribution in [2.75, 3.05) is 5.32 Å². The second kappa shape index (κ2) is 6.34. The third kappa shape index (κ3) is 4.43. The minimum absolute atomic E-state index is 0.338. The van der Waals surface area contributed by atoms with E-state index in [2.05, 4.69) is 10.4 Å². The molecule has 120 valence electrons. The highest BCUT2D eigenvalue weighted by atomic mass is 19.4. The molecule has 1 aromatic heterocycles. The number of anilines is 1. The highest BCUT2D eigenvalue weighted by molar-refractivity contribution is 6.02. The molecule has 6 nitrogen and oxygen atoms in total. The maximum atomic E-state index is 12.5. The number of nitrogens with zero attached hydrogens (tertiary/aromatic N) is 2. The van der Waals surface area contributed by atoms with Gasteiger partial charge in [0.15, 0.2) is 5.69 Å². The van der Waals surface area contributed by atoms with E-state index in [4.69, 9.17) is 0 Å². The van der Waals surface area contributed by atoms with E-state index in [0.717, 1.165) is 16.8 Å². The molecule has 0 bridgehead atoms. The number of hydrogen-bond acceptors (Lipinski definition) is 4. The summed E-state index contributed by atoms with van der Waals surface area (Å²) in [6, 6.07) is 6.63. The van der Waals surface area contributed by atoms with E-state index in [0.29, 0.717) is 17.5 Å². The zero-order valence-electron chi connectivity index (χ0n) is 11.4. The molecule has 9 heteroatoms. The van der Waals surface area contributed by atoms with Gasteiger partial charge >= 0.3 is 6.18 Å². The molecule has 1 amide bonds. The van der Waals surface area contributed by atoms with Crippen LogP contribution in [0.3, 0.4) is 0 Å². The van der Waals surface area contributed by atoms with Crippen molar-refractivity contribution < 1.29 is 27.9 Å². The minimum atomic E-state index is -4.52. The maximum absolute atomic E-state index is 12.5. The molecule has 0 aliphatic rings. The first-order valence-electron chi connectivity index (χ1n) is 6.19. The standard InChI is InChI=1S/C14H10F3N3O3/c15-14(16,17)11-7-8-20(19-11)10-3-1-9(2-4-10)18-12(21)5-6-13(22)23/h1-8H,(H,18,21)(H,22,23)/p-1/b6-5+. The van der Waals surface area contributed by atoms with E-state index in [-0.39, 0.29) is 0 Å². The summed E-state index contributed by atoms with van der Waals surface area (Å²) in [6.45, 7) is 0. The molecule has 1 heterocycles. The molecule has 2 rings (SSSR count). The summed E-state index contributed by atoms with van der Waals surface area (Å²) in [4.78, 5) is 21.5. The van der Waals surface area contributed by atoms with E-state index >= 15 is 0 Å². The van der Waals surface area contributed by atoms with Gasteiger partial charge in [0.05, 0.1) is 11.7 Å². The molecule has 1 N–H and O–H groups in total. The Morgan fingerprint density at radius 2 is 1.78 bits per heavy atom. The number of halogens is 3. The number of carbonyl (C=O) groups is 2. The highest BCUT2D eigenvalue weighted by Crippen LogP contribution is 2.27. The van der Waals surface area contributed by atoms with Gasteiger partial charge in [-0.3, -0.25) is 4.79 Å². The van der Waals surface area contributed by atoms with Gasteiger partial charge in [-0.2, -0.15) is 18.3 Å². The Bertz CT molecular complexity index is 749. The Hall–Kier alpha value is -3.10. The third-order valence-electron chi connectivity index (χ3n) is 2.65. The molecule has 0 radical (unpaired) electrons. The molecule has 0 saturated heterocycles. The van der Waals surface area contributed by atoms with Crippen LogP contribution in [0.4, 0.5) is 18.9 Å². The molecule has 0 spiro atoms. The molecular formula is C14H9F3N3O3-. The summed E-state index contributed by atoms with van der Waals surface area (Å²) in [5, 5.41) is 16.0. The number of carboxylic acid groups (broad SMARTS) is 1. The third-order valence-corrected chi connectivity index (χ3v) is 2.65. The second-order valence-electron chi connectivity index (χ2n) is 4.33. The number of alkyl halides is 3. The highest BCUT2D eigenvalue weighted by Gasteiger charge is 2.33. The van der Waals surface area contributed by atoms with Crippen LogP contribution >= 0.6 is 0 Å². The number of hydrogen-bond donors (Lipinski definition) is 1. The first-order chi connectivity index (χ1) is 10.8. The topological polar surface area (TPSA) is 87.0 Å². The monoisotopic (exact) mass is 324 g/mol. The molecule has 2 aromatic rings. The van der Waals surface area contributed by atoms with Crippen molar-refractivity contribution in [2.45, 2.75) is 6.18 Å². The smallest absolute Gasteiger partial charge is 0.435 e. The number of aromatic nitrogens is 2.